The van der Waals surface area contributed by atoms with Crippen molar-refractivity contribution in [1.29, 1.82) is 0 Å². The van der Waals surface area contributed by atoms with E-state index in [0.717, 1.165) is 31.3 Å². The minimum atomic E-state index is -1.70. The molecule has 3 saturated carbocycles. The molecule has 3 heterocycles. The molecule has 16 atom stereocenters. The number of aliphatic hydroxyl groups excluding tert-OH is 3. The van der Waals surface area contributed by atoms with Gasteiger partial charge in [0.2, 0.25) is 5.91 Å². The number of carbonyl (C=O) groups excluding carboxylic acids is 2. The van der Waals surface area contributed by atoms with Crippen molar-refractivity contribution >= 4 is 11.7 Å². The second-order valence-corrected chi connectivity index (χ2v) is 18.4. The predicted octanol–water partition coefficient (Wildman–Crippen LogP) is 0.886. The van der Waals surface area contributed by atoms with Crippen LogP contribution in [0, 0.1) is 40.4 Å². The van der Waals surface area contributed by atoms with Crippen molar-refractivity contribution < 1.29 is 49.3 Å². The summed E-state index contributed by atoms with van der Waals surface area (Å²) in [4.78, 5) is 28.8. The quantitative estimate of drug-likeness (QED) is 0.104. The van der Waals surface area contributed by atoms with Gasteiger partial charge in [-0.25, -0.2) is 0 Å². The first-order valence-electron chi connectivity index (χ1n) is 20.3. The molecule has 1 amide bonds. The van der Waals surface area contributed by atoms with Crippen LogP contribution in [0.15, 0.2) is 11.6 Å². The Bertz CT molecular complexity index is 1410. The Labute approximate surface area is 314 Å². The predicted molar refractivity (Wildman–Crippen MR) is 194 cm³/mol. The van der Waals surface area contributed by atoms with Crippen molar-refractivity contribution in [2.45, 2.75) is 139 Å². The monoisotopic (exact) mass is 747 g/mol. The molecule has 0 spiro atoms. The molecule has 13 nitrogen and oxygen atoms in total. The molecule has 300 valence electrons. The Morgan fingerprint density at radius 2 is 1.89 bits per heavy atom. The fourth-order valence-corrected chi connectivity index (χ4v) is 12.2. The number of methoxy groups -OCH3 is 1. The maximum atomic E-state index is 14.0. The largest absolute Gasteiger partial charge is 0.392 e. The van der Waals surface area contributed by atoms with E-state index in [1.165, 1.54) is 0 Å². The Hall–Kier alpha value is -1.52. The van der Waals surface area contributed by atoms with Crippen LogP contribution >= 0.6 is 0 Å². The molecule has 7 rings (SSSR count). The lowest BCUT2D eigenvalue weighted by molar-refractivity contribution is -0.201. The lowest BCUT2D eigenvalue weighted by Crippen LogP contribution is -2.63. The summed E-state index contributed by atoms with van der Waals surface area (Å²) in [7, 11) is 1.68. The summed E-state index contributed by atoms with van der Waals surface area (Å²) in [5.74, 6) is -1.33. The van der Waals surface area contributed by atoms with E-state index in [-0.39, 0.29) is 46.9 Å². The number of amides is 1. The highest BCUT2D eigenvalue weighted by Gasteiger charge is 2.70. The molecule has 0 aromatic carbocycles. The molecule has 7 aliphatic rings. The summed E-state index contributed by atoms with van der Waals surface area (Å²) < 4.78 is 17.8. The molecule has 53 heavy (non-hydrogen) atoms. The number of fused-ring (bicyclic) bond motifs is 6. The number of allylic oxidation sites excluding steroid dienone is 1. The molecular weight excluding hydrogens is 682 g/mol. The Balaban J connectivity index is 1.11. The van der Waals surface area contributed by atoms with E-state index in [0.29, 0.717) is 71.5 Å². The van der Waals surface area contributed by atoms with Crippen LogP contribution in [0.25, 0.3) is 0 Å². The number of nitrogens with one attached hydrogen (secondary N) is 2. The summed E-state index contributed by atoms with van der Waals surface area (Å²) in [6.45, 7) is 10.9. The second kappa shape index (κ2) is 14.8. The molecule has 3 saturated heterocycles. The molecule has 0 unspecified atom stereocenters. The van der Waals surface area contributed by atoms with Crippen molar-refractivity contribution in [3.8, 4) is 0 Å². The van der Waals surface area contributed by atoms with Gasteiger partial charge in [-0.05, 0) is 106 Å². The number of hydrogen-bond acceptors (Lipinski definition) is 12. The minimum Gasteiger partial charge on any atom is -0.392 e. The van der Waals surface area contributed by atoms with Gasteiger partial charge in [0.25, 0.3) is 0 Å². The van der Waals surface area contributed by atoms with Gasteiger partial charge in [0, 0.05) is 63.8 Å². The molecule has 3 aliphatic heterocycles. The lowest BCUT2D eigenvalue weighted by Gasteiger charge is -2.60. The van der Waals surface area contributed by atoms with E-state index in [1.807, 2.05) is 6.92 Å². The van der Waals surface area contributed by atoms with Crippen LogP contribution in [-0.4, -0.2) is 143 Å². The van der Waals surface area contributed by atoms with E-state index in [9.17, 15) is 35.1 Å². The zero-order chi connectivity index (χ0) is 38.1. The SMILES string of the molecule is COCCCO[C@H]1CC[C@@]2(C)[C@@H](C1)C(=O)C=C1[C@@H]2CC[C@]2(C)[C@@H]([C@](C)(O)[C@H](O)[C@H]3O[C@@H]4[C@H](C[C@@H](C(=O)N5CC5)N[C@H]4O)[C@H]3CNC[C@H](C)O)CC[C@@]12O. The smallest absolute Gasteiger partial charge is 0.239 e. The fourth-order valence-electron chi connectivity index (χ4n) is 12.2. The molecule has 0 aromatic rings. The molecule has 0 bridgehead atoms. The minimum absolute atomic E-state index is 0.0279. The third-order valence-corrected chi connectivity index (χ3v) is 15.3. The van der Waals surface area contributed by atoms with Crippen LogP contribution in [0.3, 0.4) is 0 Å². The zero-order valence-electron chi connectivity index (χ0n) is 32.3. The maximum absolute atomic E-state index is 14.0. The summed E-state index contributed by atoms with van der Waals surface area (Å²) in [6, 6.07) is -0.580. The number of aliphatic hydroxyl groups is 5. The van der Waals surface area contributed by atoms with Crippen molar-refractivity contribution in [3.05, 3.63) is 11.6 Å². The fraction of sp³-hybridized carbons (Fsp3) is 0.900. The average molecular weight is 748 g/mol. The first-order valence-corrected chi connectivity index (χ1v) is 20.3. The second-order valence-electron chi connectivity index (χ2n) is 18.4. The molecule has 0 aromatic heterocycles. The zero-order valence-corrected chi connectivity index (χ0v) is 32.3. The average Bonchev–Trinajstić information content (AvgIpc) is 3.83. The van der Waals surface area contributed by atoms with Crippen LogP contribution in [0.4, 0.5) is 0 Å². The highest BCUT2D eigenvalue weighted by atomic mass is 16.5. The first kappa shape index (κ1) is 39.7. The van der Waals surface area contributed by atoms with Gasteiger partial charge in [0.1, 0.15) is 18.4 Å². The topological polar surface area (TPSA) is 190 Å². The number of ether oxygens (including phenoxy) is 3. The van der Waals surface area contributed by atoms with E-state index in [2.05, 4.69) is 17.6 Å². The van der Waals surface area contributed by atoms with Crippen molar-refractivity contribution in [3.63, 3.8) is 0 Å². The van der Waals surface area contributed by atoms with Crippen LogP contribution < -0.4 is 10.6 Å². The summed E-state index contributed by atoms with van der Waals surface area (Å²) in [5.41, 5.74) is -3.36. The summed E-state index contributed by atoms with van der Waals surface area (Å²) in [6.07, 6.45) is 2.88. The first-order chi connectivity index (χ1) is 25.1. The molecule has 4 aliphatic carbocycles. The van der Waals surface area contributed by atoms with Crippen LogP contribution in [0.1, 0.15) is 85.5 Å². The summed E-state index contributed by atoms with van der Waals surface area (Å²) in [5, 5.41) is 65.2. The number of piperidine rings is 1. The van der Waals surface area contributed by atoms with Gasteiger partial charge < -0.3 is 50.0 Å². The number of rotatable bonds is 13. The number of hydrogen-bond donors (Lipinski definition) is 7. The lowest BCUT2D eigenvalue weighted by atomic mass is 9.46. The number of nitrogens with zero attached hydrogens (tertiary/aromatic N) is 1. The van der Waals surface area contributed by atoms with Gasteiger partial charge in [0.05, 0.1) is 35.6 Å². The van der Waals surface area contributed by atoms with E-state index in [4.69, 9.17) is 14.2 Å². The Morgan fingerprint density at radius 3 is 2.58 bits per heavy atom. The van der Waals surface area contributed by atoms with Crippen molar-refractivity contribution in [2.24, 2.45) is 40.4 Å². The summed E-state index contributed by atoms with van der Waals surface area (Å²) >= 11 is 0. The standard InChI is InChI=1S/C40H65N3O10/c1-22(44)20-41-21-25-24-18-29(36(48)43-13-14-43)42-35(47)33(24)53-32(25)34(46)39(4,49)31-9-12-40(50)27-19-30(45)28-17-23(52-16-6-15-51-5)7-10-37(28,2)26(27)8-11-38(31,40)3/h19,22-26,28-29,31-35,41-42,44,46-47,49-50H,6-18,20-21H2,1-5H3/t22-,23-,24+,25+,26-,28-,29-,31-,32-,33+,34+,35-,37+,38+,39-,40+/m0/s1. The van der Waals surface area contributed by atoms with Crippen LogP contribution in [0.5, 0.6) is 0 Å². The van der Waals surface area contributed by atoms with Crippen LogP contribution in [-0.2, 0) is 23.8 Å². The van der Waals surface area contributed by atoms with Gasteiger partial charge in [-0.2, -0.15) is 0 Å². The van der Waals surface area contributed by atoms with Crippen molar-refractivity contribution in [1.82, 2.24) is 15.5 Å². The highest BCUT2D eigenvalue weighted by Crippen LogP contribution is 2.69. The number of carbonyl (C=O) groups is 2. The third kappa shape index (κ3) is 6.76. The van der Waals surface area contributed by atoms with Gasteiger partial charge in [-0.1, -0.05) is 13.8 Å². The van der Waals surface area contributed by atoms with Gasteiger partial charge in [-0.15, -0.1) is 0 Å². The molecule has 7 N–H and O–H groups in total. The van der Waals surface area contributed by atoms with E-state index < -0.39 is 59.2 Å². The van der Waals surface area contributed by atoms with E-state index >= 15 is 0 Å². The van der Waals surface area contributed by atoms with Crippen LogP contribution in [0.2, 0.25) is 0 Å². The molecular formula is C40H65N3O10. The number of ketones is 1. The van der Waals surface area contributed by atoms with Crippen molar-refractivity contribution in [2.75, 3.05) is 46.5 Å². The maximum Gasteiger partial charge on any atom is 0.239 e. The molecule has 6 fully saturated rings. The molecule has 0 radical (unpaired) electrons. The Kier molecular flexibility index (Phi) is 11.1. The molecule has 13 heteroatoms. The van der Waals surface area contributed by atoms with E-state index in [1.54, 1.807) is 31.9 Å². The normalized spacial score (nSPS) is 45.7. The van der Waals surface area contributed by atoms with Gasteiger partial charge in [0.15, 0.2) is 5.78 Å². The Morgan fingerprint density at radius 1 is 1.13 bits per heavy atom. The third-order valence-electron chi connectivity index (χ3n) is 15.3. The van der Waals surface area contributed by atoms with Gasteiger partial charge >= 0.3 is 0 Å². The van der Waals surface area contributed by atoms with Gasteiger partial charge in [-0.3, -0.25) is 14.9 Å². The highest BCUT2D eigenvalue weighted by molar-refractivity contribution is 5.95.